The summed E-state index contributed by atoms with van der Waals surface area (Å²) >= 11 is 0. The minimum absolute atomic E-state index is 0.0559. The van der Waals surface area contributed by atoms with Gasteiger partial charge in [0, 0.05) is 31.4 Å². The molecule has 0 N–H and O–H groups in total. The Kier molecular flexibility index (Phi) is 3.86. The van der Waals surface area contributed by atoms with Crippen LogP contribution in [0.2, 0.25) is 0 Å². The first-order chi connectivity index (χ1) is 10.3. The molecule has 1 aromatic rings. The van der Waals surface area contributed by atoms with Crippen LogP contribution in [0.15, 0.2) is 11.1 Å². The highest BCUT2D eigenvalue weighted by Gasteiger charge is 2.49. The molecule has 2 fully saturated rings. The molecule has 0 saturated carbocycles. The first kappa shape index (κ1) is 16.0. The number of piperidine rings is 2. The van der Waals surface area contributed by atoms with E-state index in [0.717, 1.165) is 32.2 Å². The Morgan fingerprint density at radius 1 is 1.27 bits per heavy atom. The highest BCUT2D eigenvalue weighted by molar-refractivity contribution is 7.89. The zero-order chi connectivity index (χ0) is 16.1. The molecule has 0 aliphatic carbocycles. The Morgan fingerprint density at radius 3 is 2.64 bits per heavy atom. The molecule has 1 aromatic heterocycles. The van der Waals surface area contributed by atoms with Crippen LogP contribution in [-0.2, 0) is 17.1 Å². The number of likely N-dealkylation sites (N-methyl/N-ethyl adjacent to an activating group) is 1. The lowest BCUT2D eigenvalue weighted by Crippen LogP contribution is -2.65. The van der Waals surface area contributed by atoms with Crippen molar-refractivity contribution in [2.24, 2.45) is 7.05 Å². The van der Waals surface area contributed by atoms with Crippen molar-refractivity contribution in [2.45, 2.75) is 56.0 Å². The Balaban J connectivity index is 2.01. The van der Waals surface area contributed by atoms with Crippen molar-refractivity contribution in [1.29, 1.82) is 0 Å². The number of aryl methyl sites for hydroxylation is 2. The van der Waals surface area contributed by atoms with Gasteiger partial charge < -0.3 is 0 Å². The molecule has 3 rings (SSSR count). The number of hydrogen-bond donors (Lipinski definition) is 0. The zero-order valence-electron chi connectivity index (χ0n) is 13.9. The molecular formula is C15H26N4O2S. The van der Waals surface area contributed by atoms with Crippen molar-refractivity contribution in [3.05, 3.63) is 11.9 Å². The van der Waals surface area contributed by atoms with Crippen LogP contribution in [0.4, 0.5) is 0 Å². The molecule has 2 atom stereocenters. The Labute approximate surface area is 133 Å². The van der Waals surface area contributed by atoms with Crippen LogP contribution in [0, 0.1) is 6.92 Å². The molecule has 2 aliphatic rings. The van der Waals surface area contributed by atoms with E-state index >= 15 is 0 Å². The van der Waals surface area contributed by atoms with Gasteiger partial charge in [0.05, 0.1) is 5.69 Å². The van der Waals surface area contributed by atoms with Gasteiger partial charge in [-0.1, -0.05) is 0 Å². The zero-order valence-corrected chi connectivity index (χ0v) is 14.7. The monoisotopic (exact) mass is 326 g/mol. The summed E-state index contributed by atoms with van der Waals surface area (Å²) < 4.78 is 29.7. The predicted octanol–water partition coefficient (Wildman–Crippen LogP) is 1.37. The molecule has 22 heavy (non-hydrogen) atoms. The van der Waals surface area contributed by atoms with Gasteiger partial charge in [-0.2, -0.15) is 9.40 Å². The number of sulfonamides is 1. The average Bonchev–Trinajstić information content (AvgIpc) is 2.79. The Bertz CT molecular complexity index is 669. The fraction of sp³-hybridized carbons (Fsp3) is 0.800. The molecule has 0 radical (unpaired) electrons. The molecule has 0 aromatic carbocycles. The summed E-state index contributed by atoms with van der Waals surface area (Å²) in [6.45, 7) is 5.65. The second-order valence-corrected chi connectivity index (χ2v) is 8.77. The van der Waals surface area contributed by atoms with Crippen molar-refractivity contribution in [3.63, 3.8) is 0 Å². The summed E-state index contributed by atoms with van der Waals surface area (Å²) in [5.41, 5.74) is 0.526. The molecule has 6 nitrogen and oxygen atoms in total. The highest BCUT2D eigenvalue weighted by Crippen LogP contribution is 2.40. The van der Waals surface area contributed by atoms with Crippen molar-refractivity contribution in [1.82, 2.24) is 19.0 Å². The molecule has 2 aliphatic heterocycles. The van der Waals surface area contributed by atoms with Crippen LogP contribution in [0.5, 0.6) is 0 Å². The van der Waals surface area contributed by atoms with Gasteiger partial charge >= 0.3 is 0 Å². The van der Waals surface area contributed by atoms with Gasteiger partial charge in [0.1, 0.15) is 4.90 Å². The van der Waals surface area contributed by atoms with E-state index in [4.69, 9.17) is 0 Å². The molecule has 2 saturated heterocycles. The maximum absolute atomic E-state index is 13.2. The minimum atomic E-state index is -3.48. The molecular weight excluding hydrogens is 300 g/mol. The van der Waals surface area contributed by atoms with Crippen molar-refractivity contribution >= 4 is 10.0 Å². The van der Waals surface area contributed by atoms with Crippen molar-refractivity contribution < 1.29 is 8.42 Å². The van der Waals surface area contributed by atoms with E-state index in [9.17, 15) is 8.42 Å². The third-order valence-corrected chi connectivity index (χ3v) is 7.54. The van der Waals surface area contributed by atoms with E-state index in [0.29, 0.717) is 17.1 Å². The second kappa shape index (κ2) is 5.32. The third kappa shape index (κ3) is 2.30. The van der Waals surface area contributed by atoms with E-state index in [1.165, 1.54) is 0 Å². The summed E-state index contributed by atoms with van der Waals surface area (Å²) in [6, 6.07) is 0.0598. The number of aromatic nitrogens is 2. The van der Waals surface area contributed by atoms with E-state index in [-0.39, 0.29) is 11.6 Å². The fourth-order valence-electron chi connectivity index (χ4n) is 4.15. The predicted molar refractivity (Wildman–Crippen MR) is 85.1 cm³/mol. The molecule has 0 unspecified atom stereocenters. The maximum atomic E-state index is 13.2. The lowest BCUT2D eigenvalue weighted by molar-refractivity contribution is -0.0117. The summed E-state index contributed by atoms with van der Waals surface area (Å²) in [5.74, 6) is 0. The fourth-order valence-corrected chi connectivity index (χ4v) is 6.14. The van der Waals surface area contributed by atoms with Gasteiger partial charge in [-0.05, 0) is 53.1 Å². The molecule has 3 heterocycles. The summed E-state index contributed by atoms with van der Waals surface area (Å²) in [6.07, 6.45) is 5.60. The molecule has 7 heteroatoms. The number of hydrogen-bond acceptors (Lipinski definition) is 4. The van der Waals surface area contributed by atoms with Gasteiger partial charge in [0.2, 0.25) is 10.0 Å². The Morgan fingerprint density at radius 2 is 2.00 bits per heavy atom. The molecule has 0 amide bonds. The summed E-state index contributed by atoms with van der Waals surface area (Å²) in [5, 5.41) is 4.21. The first-order valence-electron chi connectivity index (χ1n) is 8.00. The number of fused-ring (bicyclic) bond motifs is 1. The van der Waals surface area contributed by atoms with Crippen molar-refractivity contribution in [3.8, 4) is 0 Å². The quantitative estimate of drug-likeness (QED) is 0.823. The van der Waals surface area contributed by atoms with E-state index in [1.807, 2.05) is 0 Å². The smallest absolute Gasteiger partial charge is 0.246 e. The van der Waals surface area contributed by atoms with Gasteiger partial charge in [0.25, 0.3) is 0 Å². The number of nitrogens with zero attached hydrogens (tertiary/aromatic N) is 4. The van der Waals surface area contributed by atoms with Crippen LogP contribution < -0.4 is 0 Å². The highest BCUT2D eigenvalue weighted by atomic mass is 32.2. The van der Waals surface area contributed by atoms with Crippen LogP contribution in [-0.4, -0.2) is 59.1 Å². The van der Waals surface area contributed by atoms with Crippen LogP contribution in [0.25, 0.3) is 0 Å². The summed E-state index contributed by atoms with van der Waals surface area (Å²) in [4.78, 5) is 2.70. The van der Waals surface area contributed by atoms with E-state index in [1.54, 1.807) is 29.2 Å². The van der Waals surface area contributed by atoms with E-state index < -0.39 is 10.0 Å². The lowest BCUT2D eigenvalue weighted by atomic mass is 9.78. The topological polar surface area (TPSA) is 58.4 Å². The number of rotatable bonds is 2. The first-order valence-corrected chi connectivity index (χ1v) is 9.44. The van der Waals surface area contributed by atoms with E-state index in [2.05, 4.69) is 24.0 Å². The molecule has 0 spiro atoms. The van der Waals surface area contributed by atoms with Crippen LogP contribution in [0.1, 0.15) is 38.3 Å². The third-order valence-electron chi connectivity index (χ3n) is 5.53. The van der Waals surface area contributed by atoms with Gasteiger partial charge in [-0.15, -0.1) is 0 Å². The minimum Gasteiger partial charge on any atom is -0.299 e. The lowest BCUT2D eigenvalue weighted by Gasteiger charge is -2.54. The Hall–Kier alpha value is -0.920. The normalized spacial score (nSPS) is 31.2. The average molecular weight is 326 g/mol. The second-order valence-electron chi connectivity index (χ2n) is 6.91. The molecule has 124 valence electrons. The van der Waals surface area contributed by atoms with Gasteiger partial charge in [0.15, 0.2) is 0 Å². The SMILES string of the molecule is Cc1nn(C)cc1S(=O)(=O)N1CCC[C@@]2(C)[C@@H]1CCCN2C. The van der Waals surface area contributed by atoms with Crippen LogP contribution >= 0.6 is 0 Å². The largest absolute Gasteiger partial charge is 0.299 e. The van der Waals surface area contributed by atoms with Gasteiger partial charge in [-0.25, -0.2) is 8.42 Å². The maximum Gasteiger partial charge on any atom is 0.246 e. The standard InChI is InChI=1S/C15H26N4O2S/c1-12-13(11-18(4)16-12)22(20,21)19-10-6-8-15(2)14(19)7-5-9-17(15)3/h11,14H,5-10H2,1-4H3/t14-,15-/m0/s1. The van der Waals surface area contributed by atoms with Crippen molar-refractivity contribution in [2.75, 3.05) is 20.1 Å². The van der Waals surface area contributed by atoms with Crippen LogP contribution in [0.3, 0.4) is 0 Å². The van der Waals surface area contributed by atoms with Gasteiger partial charge in [-0.3, -0.25) is 9.58 Å². The number of likely N-dealkylation sites (tertiary alicyclic amines) is 1. The molecule has 0 bridgehead atoms. The summed E-state index contributed by atoms with van der Waals surface area (Å²) in [7, 11) is 0.407.